The molecular weight excluding hydrogens is 194 g/mol. The molecule has 1 nitrogen and oxygen atoms in total. The van der Waals surface area contributed by atoms with E-state index in [0.717, 1.165) is 6.54 Å². The first-order valence-corrected chi connectivity index (χ1v) is 6.71. The zero-order valence-electron chi connectivity index (χ0n) is 10.8. The van der Waals surface area contributed by atoms with Crippen molar-refractivity contribution in [1.82, 2.24) is 4.90 Å². The molecule has 1 fully saturated rings. The summed E-state index contributed by atoms with van der Waals surface area (Å²) in [6, 6.07) is 10.8. The quantitative estimate of drug-likeness (QED) is 0.724. The fourth-order valence-corrected chi connectivity index (χ4v) is 2.14. The van der Waals surface area contributed by atoms with Crippen molar-refractivity contribution < 1.29 is 0 Å². The summed E-state index contributed by atoms with van der Waals surface area (Å²) in [4.78, 5) is 2.59. The molecule has 0 unspecified atom stereocenters. The molecule has 0 radical (unpaired) electrons. The molecule has 0 atom stereocenters. The van der Waals surface area contributed by atoms with Crippen LogP contribution in [0.15, 0.2) is 30.3 Å². The van der Waals surface area contributed by atoms with Crippen LogP contribution in [0, 0.1) is 0 Å². The van der Waals surface area contributed by atoms with Gasteiger partial charge in [-0.05, 0) is 31.5 Å². The first-order chi connectivity index (χ1) is 7.95. The number of hydrogen-bond acceptors (Lipinski definition) is 1. The first kappa shape index (κ1) is 13.2. The molecule has 1 aromatic rings. The minimum atomic E-state index is 1.14. The molecule has 16 heavy (non-hydrogen) atoms. The second-order valence-corrected chi connectivity index (χ2v) is 4.18. The van der Waals surface area contributed by atoms with Crippen molar-refractivity contribution in [3.8, 4) is 0 Å². The van der Waals surface area contributed by atoms with Crippen LogP contribution in [0.4, 0.5) is 0 Å². The lowest BCUT2D eigenvalue weighted by atomic mass is 10.2. The third-order valence-electron chi connectivity index (χ3n) is 2.95. The summed E-state index contributed by atoms with van der Waals surface area (Å²) in [5.74, 6) is 0. The molecule has 1 heterocycles. The minimum absolute atomic E-state index is 1.14. The molecule has 0 amide bonds. The Morgan fingerprint density at radius 1 is 0.875 bits per heavy atom. The highest BCUT2D eigenvalue weighted by molar-refractivity contribution is 5.14. The molecule has 0 spiro atoms. The molecule has 1 aromatic carbocycles. The molecule has 2 rings (SSSR count). The van der Waals surface area contributed by atoms with E-state index in [1.54, 1.807) is 0 Å². The summed E-state index contributed by atoms with van der Waals surface area (Å²) < 4.78 is 0. The van der Waals surface area contributed by atoms with E-state index in [-0.39, 0.29) is 0 Å². The van der Waals surface area contributed by atoms with E-state index in [4.69, 9.17) is 0 Å². The zero-order chi connectivity index (χ0) is 11.6. The average Bonchev–Trinajstić information content (AvgIpc) is 2.62. The van der Waals surface area contributed by atoms with Crippen LogP contribution in [0.1, 0.15) is 45.1 Å². The Hall–Kier alpha value is -0.820. The van der Waals surface area contributed by atoms with Crippen molar-refractivity contribution in [2.75, 3.05) is 13.1 Å². The van der Waals surface area contributed by atoms with Gasteiger partial charge in [-0.3, -0.25) is 4.90 Å². The van der Waals surface area contributed by atoms with Gasteiger partial charge in [0, 0.05) is 6.54 Å². The van der Waals surface area contributed by atoms with Crippen LogP contribution in [0.2, 0.25) is 0 Å². The summed E-state index contributed by atoms with van der Waals surface area (Å²) >= 11 is 0. The molecule has 1 heteroatoms. The first-order valence-electron chi connectivity index (χ1n) is 6.71. The predicted molar refractivity (Wildman–Crippen MR) is 71.5 cm³/mol. The van der Waals surface area contributed by atoms with Crippen molar-refractivity contribution in [3.05, 3.63) is 35.9 Å². The normalized spacial score (nSPS) is 17.1. The molecular formula is C15H25N. The minimum Gasteiger partial charge on any atom is -0.299 e. The van der Waals surface area contributed by atoms with Crippen molar-refractivity contribution >= 4 is 0 Å². The van der Waals surface area contributed by atoms with Gasteiger partial charge in [-0.1, -0.05) is 57.0 Å². The average molecular weight is 219 g/mol. The highest BCUT2D eigenvalue weighted by Gasteiger charge is 2.08. The summed E-state index contributed by atoms with van der Waals surface area (Å²) in [5.41, 5.74) is 1.45. The molecule has 0 saturated carbocycles. The molecule has 0 bridgehead atoms. The Morgan fingerprint density at radius 3 is 2.00 bits per heavy atom. The topological polar surface area (TPSA) is 3.24 Å². The number of nitrogens with zero attached hydrogens (tertiary/aromatic N) is 1. The SMILES string of the molecule is CC.c1ccc(CN2CCCCCC2)cc1. The summed E-state index contributed by atoms with van der Waals surface area (Å²) in [6.45, 7) is 7.71. The van der Waals surface area contributed by atoms with Gasteiger partial charge in [0.1, 0.15) is 0 Å². The van der Waals surface area contributed by atoms with Crippen molar-refractivity contribution in [2.24, 2.45) is 0 Å². The van der Waals surface area contributed by atoms with Gasteiger partial charge in [0.25, 0.3) is 0 Å². The highest BCUT2D eigenvalue weighted by Crippen LogP contribution is 2.12. The van der Waals surface area contributed by atoms with Crippen LogP contribution in [0.3, 0.4) is 0 Å². The van der Waals surface area contributed by atoms with E-state index >= 15 is 0 Å². The zero-order valence-corrected chi connectivity index (χ0v) is 10.8. The van der Waals surface area contributed by atoms with Crippen LogP contribution in [0.25, 0.3) is 0 Å². The van der Waals surface area contributed by atoms with Gasteiger partial charge in [-0.2, -0.15) is 0 Å². The standard InChI is InChI=1S/C13H19N.C2H6/c1-2-7-11-14(10-6-1)12-13-8-4-3-5-9-13;1-2/h3-5,8-9H,1-2,6-7,10-12H2;1-2H3. The number of likely N-dealkylation sites (tertiary alicyclic amines) is 1. The van der Waals surface area contributed by atoms with E-state index < -0.39 is 0 Å². The Morgan fingerprint density at radius 2 is 1.44 bits per heavy atom. The van der Waals surface area contributed by atoms with Crippen molar-refractivity contribution in [1.29, 1.82) is 0 Å². The molecule has 0 aliphatic carbocycles. The van der Waals surface area contributed by atoms with Crippen LogP contribution in [0.5, 0.6) is 0 Å². The maximum Gasteiger partial charge on any atom is 0.0233 e. The van der Waals surface area contributed by atoms with E-state index in [2.05, 4.69) is 35.2 Å². The Balaban J connectivity index is 0.000000606. The van der Waals surface area contributed by atoms with Gasteiger partial charge in [0.05, 0.1) is 0 Å². The van der Waals surface area contributed by atoms with Gasteiger partial charge in [0.15, 0.2) is 0 Å². The molecule has 0 aromatic heterocycles. The Labute approximate surface area is 100 Å². The largest absolute Gasteiger partial charge is 0.299 e. The predicted octanol–water partition coefficient (Wildman–Crippen LogP) is 4.09. The molecule has 1 saturated heterocycles. The second-order valence-electron chi connectivity index (χ2n) is 4.18. The van der Waals surface area contributed by atoms with Gasteiger partial charge < -0.3 is 0 Å². The Bertz CT molecular complexity index is 247. The maximum atomic E-state index is 2.59. The van der Waals surface area contributed by atoms with Gasteiger partial charge in [0.2, 0.25) is 0 Å². The fraction of sp³-hybridized carbons (Fsp3) is 0.600. The van der Waals surface area contributed by atoms with Gasteiger partial charge >= 0.3 is 0 Å². The van der Waals surface area contributed by atoms with Crippen LogP contribution in [-0.4, -0.2) is 18.0 Å². The third-order valence-corrected chi connectivity index (χ3v) is 2.95. The summed E-state index contributed by atoms with van der Waals surface area (Å²) in [6.07, 6.45) is 5.61. The summed E-state index contributed by atoms with van der Waals surface area (Å²) in [7, 11) is 0. The van der Waals surface area contributed by atoms with E-state index in [0.29, 0.717) is 0 Å². The second kappa shape index (κ2) is 8.35. The maximum absolute atomic E-state index is 2.59. The van der Waals surface area contributed by atoms with Crippen molar-refractivity contribution in [3.63, 3.8) is 0 Å². The lowest BCUT2D eigenvalue weighted by molar-refractivity contribution is 0.277. The Kier molecular flexibility index (Phi) is 6.91. The molecule has 90 valence electrons. The molecule has 1 aliphatic rings. The lowest BCUT2D eigenvalue weighted by Crippen LogP contribution is -2.23. The molecule has 1 aliphatic heterocycles. The molecule has 0 N–H and O–H groups in total. The van der Waals surface area contributed by atoms with Crippen LogP contribution < -0.4 is 0 Å². The third kappa shape index (κ3) is 4.80. The fourth-order valence-electron chi connectivity index (χ4n) is 2.14. The van der Waals surface area contributed by atoms with E-state index in [1.165, 1.54) is 44.3 Å². The van der Waals surface area contributed by atoms with Gasteiger partial charge in [-0.25, -0.2) is 0 Å². The van der Waals surface area contributed by atoms with E-state index in [9.17, 15) is 0 Å². The summed E-state index contributed by atoms with van der Waals surface area (Å²) in [5, 5.41) is 0. The monoisotopic (exact) mass is 219 g/mol. The van der Waals surface area contributed by atoms with Crippen LogP contribution in [-0.2, 0) is 6.54 Å². The lowest BCUT2D eigenvalue weighted by Gasteiger charge is -2.19. The number of hydrogen-bond donors (Lipinski definition) is 0. The number of benzene rings is 1. The van der Waals surface area contributed by atoms with Crippen molar-refractivity contribution in [2.45, 2.75) is 46.1 Å². The van der Waals surface area contributed by atoms with E-state index in [1.807, 2.05) is 13.8 Å². The van der Waals surface area contributed by atoms with Crippen LogP contribution >= 0.6 is 0 Å². The smallest absolute Gasteiger partial charge is 0.0233 e. The van der Waals surface area contributed by atoms with Gasteiger partial charge in [-0.15, -0.1) is 0 Å². The highest BCUT2D eigenvalue weighted by atomic mass is 15.1. The number of rotatable bonds is 2.